The van der Waals surface area contributed by atoms with Gasteiger partial charge in [0.05, 0.1) is 18.5 Å². The first-order valence-electron chi connectivity index (χ1n) is 14.0. The van der Waals surface area contributed by atoms with E-state index in [1.54, 1.807) is 16.2 Å². The van der Waals surface area contributed by atoms with Gasteiger partial charge < -0.3 is 14.5 Å². The van der Waals surface area contributed by atoms with Crippen LogP contribution in [-0.2, 0) is 20.7 Å². The SMILES string of the molecule is CCOCCCN(CC(=O)N1CCc2sccc2C1c1ccccc1)C(=O)C(c1ccccc1)c1ccccc1. The van der Waals surface area contributed by atoms with Crippen LogP contribution in [-0.4, -0.2) is 54.5 Å². The number of carbonyl (C=O) groups is 2. The van der Waals surface area contributed by atoms with E-state index >= 15 is 0 Å². The van der Waals surface area contributed by atoms with Crippen molar-refractivity contribution < 1.29 is 14.3 Å². The molecule has 0 saturated heterocycles. The van der Waals surface area contributed by atoms with Crippen molar-refractivity contribution in [1.29, 1.82) is 0 Å². The molecule has 1 unspecified atom stereocenters. The molecule has 2 heterocycles. The van der Waals surface area contributed by atoms with Crippen molar-refractivity contribution in [3.63, 3.8) is 0 Å². The molecule has 0 bridgehead atoms. The summed E-state index contributed by atoms with van der Waals surface area (Å²) in [5, 5.41) is 2.11. The van der Waals surface area contributed by atoms with E-state index in [-0.39, 0.29) is 24.4 Å². The lowest BCUT2D eigenvalue weighted by molar-refractivity contribution is -0.142. The van der Waals surface area contributed by atoms with Gasteiger partial charge in [0, 0.05) is 31.2 Å². The highest BCUT2D eigenvalue weighted by Gasteiger charge is 2.35. The Morgan fingerprint density at radius 3 is 2.17 bits per heavy atom. The molecule has 1 aliphatic rings. The first-order valence-corrected chi connectivity index (χ1v) is 14.9. The second kappa shape index (κ2) is 13.6. The molecule has 40 heavy (non-hydrogen) atoms. The van der Waals surface area contributed by atoms with Crippen molar-refractivity contribution in [2.24, 2.45) is 0 Å². The molecule has 1 aliphatic heterocycles. The number of ether oxygens (including phenoxy) is 1. The number of carbonyl (C=O) groups excluding carboxylic acids is 2. The maximum absolute atomic E-state index is 14.4. The van der Waals surface area contributed by atoms with Crippen molar-refractivity contribution in [2.45, 2.75) is 31.7 Å². The van der Waals surface area contributed by atoms with E-state index < -0.39 is 5.92 Å². The Hall–Kier alpha value is -3.74. The van der Waals surface area contributed by atoms with Crippen molar-refractivity contribution in [2.75, 3.05) is 32.8 Å². The van der Waals surface area contributed by atoms with Crippen molar-refractivity contribution in [1.82, 2.24) is 9.80 Å². The van der Waals surface area contributed by atoms with Crippen LogP contribution in [0.25, 0.3) is 0 Å². The summed E-state index contributed by atoms with van der Waals surface area (Å²) < 4.78 is 5.59. The highest BCUT2D eigenvalue weighted by molar-refractivity contribution is 7.10. The zero-order valence-corrected chi connectivity index (χ0v) is 23.8. The van der Waals surface area contributed by atoms with E-state index in [0.29, 0.717) is 32.7 Å². The molecule has 4 aromatic rings. The van der Waals surface area contributed by atoms with Gasteiger partial charge in [0.15, 0.2) is 0 Å². The molecule has 2 amide bonds. The van der Waals surface area contributed by atoms with Gasteiger partial charge >= 0.3 is 0 Å². The number of rotatable bonds is 11. The third-order valence-electron chi connectivity index (χ3n) is 7.47. The number of nitrogens with zero attached hydrogens (tertiary/aromatic N) is 2. The lowest BCUT2D eigenvalue weighted by Gasteiger charge is -2.38. The highest BCUT2D eigenvalue weighted by Crippen LogP contribution is 2.38. The average molecular weight is 553 g/mol. The van der Waals surface area contributed by atoms with E-state index in [9.17, 15) is 9.59 Å². The summed E-state index contributed by atoms with van der Waals surface area (Å²) in [6.45, 7) is 4.25. The molecule has 5 nitrogen and oxygen atoms in total. The van der Waals surface area contributed by atoms with Gasteiger partial charge in [0.2, 0.25) is 11.8 Å². The second-order valence-electron chi connectivity index (χ2n) is 10.0. The minimum absolute atomic E-state index is 0.0317. The Kier molecular flexibility index (Phi) is 9.42. The summed E-state index contributed by atoms with van der Waals surface area (Å²) >= 11 is 1.75. The van der Waals surface area contributed by atoms with Crippen molar-refractivity contribution in [3.05, 3.63) is 130 Å². The van der Waals surface area contributed by atoms with Gasteiger partial charge in [0.25, 0.3) is 0 Å². The van der Waals surface area contributed by atoms with Crippen LogP contribution in [0.5, 0.6) is 0 Å². The molecule has 0 fully saturated rings. The largest absolute Gasteiger partial charge is 0.382 e. The number of thiophene rings is 1. The van der Waals surface area contributed by atoms with Crippen LogP contribution in [0.2, 0.25) is 0 Å². The standard InChI is InChI=1S/C34H36N2O3S/c1-2-39-23-12-21-35(34(38)32(26-13-6-3-7-14-26)27-15-8-4-9-16-27)25-31(37)36-22-19-30-29(20-24-40-30)33(36)28-17-10-5-11-18-28/h3-11,13-18,20,24,32-33H,2,12,19,21-23,25H2,1H3. The molecule has 1 atom stereocenters. The molecule has 5 rings (SSSR count). The summed E-state index contributed by atoms with van der Waals surface area (Å²) in [7, 11) is 0. The maximum atomic E-state index is 14.4. The van der Waals surface area contributed by atoms with Gasteiger partial charge in [-0.2, -0.15) is 0 Å². The Morgan fingerprint density at radius 1 is 0.925 bits per heavy atom. The Morgan fingerprint density at radius 2 is 1.55 bits per heavy atom. The molecule has 0 aliphatic carbocycles. The van der Waals surface area contributed by atoms with Crippen molar-refractivity contribution >= 4 is 23.2 Å². The third kappa shape index (κ3) is 6.35. The fourth-order valence-corrected chi connectivity index (χ4v) is 6.46. The number of fused-ring (bicyclic) bond motifs is 1. The zero-order valence-electron chi connectivity index (χ0n) is 22.9. The summed E-state index contributed by atoms with van der Waals surface area (Å²) in [5.41, 5.74) is 4.13. The lowest BCUT2D eigenvalue weighted by atomic mass is 9.89. The van der Waals surface area contributed by atoms with Gasteiger partial charge in [-0.05, 0) is 53.5 Å². The molecule has 3 aromatic carbocycles. The average Bonchev–Trinajstić information content (AvgIpc) is 3.49. The van der Waals surface area contributed by atoms with Gasteiger partial charge in [-0.1, -0.05) is 91.0 Å². The molecule has 0 spiro atoms. The monoisotopic (exact) mass is 552 g/mol. The molecule has 0 saturated carbocycles. The number of hydrogen-bond acceptors (Lipinski definition) is 4. The molecule has 0 N–H and O–H groups in total. The molecule has 1 aromatic heterocycles. The predicted octanol–water partition coefficient (Wildman–Crippen LogP) is 6.31. The maximum Gasteiger partial charge on any atom is 0.242 e. The van der Waals surface area contributed by atoms with Gasteiger partial charge in [-0.3, -0.25) is 9.59 Å². The highest BCUT2D eigenvalue weighted by atomic mass is 32.1. The quantitative estimate of drug-likeness (QED) is 0.205. The first kappa shape index (κ1) is 27.8. The Bertz CT molecular complexity index is 1330. The van der Waals surface area contributed by atoms with Gasteiger partial charge in [0.1, 0.15) is 0 Å². The van der Waals surface area contributed by atoms with Gasteiger partial charge in [-0.25, -0.2) is 0 Å². The fourth-order valence-electron chi connectivity index (χ4n) is 5.55. The third-order valence-corrected chi connectivity index (χ3v) is 8.47. The summed E-state index contributed by atoms with van der Waals surface area (Å²) in [5.74, 6) is -0.584. The Labute approximate surface area is 241 Å². The van der Waals surface area contributed by atoms with Crippen LogP contribution in [0.3, 0.4) is 0 Å². The van der Waals surface area contributed by atoms with Crippen LogP contribution in [0.4, 0.5) is 0 Å². The molecule has 6 heteroatoms. The van der Waals surface area contributed by atoms with Crippen LogP contribution in [0.15, 0.2) is 102 Å². The Balaban J connectivity index is 1.45. The minimum Gasteiger partial charge on any atom is -0.382 e. The number of amides is 2. The van der Waals surface area contributed by atoms with Gasteiger partial charge in [-0.15, -0.1) is 11.3 Å². The normalized spacial score (nSPS) is 14.7. The molecule has 0 radical (unpaired) electrons. The van der Waals surface area contributed by atoms with Crippen LogP contribution >= 0.6 is 11.3 Å². The zero-order chi connectivity index (χ0) is 27.7. The summed E-state index contributed by atoms with van der Waals surface area (Å²) in [6.07, 6.45) is 1.50. The fraction of sp³-hybridized carbons (Fsp3) is 0.294. The first-order chi connectivity index (χ1) is 19.7. The van der Waals surface area contributed by atoms with Crippen LogP contribution in [0, 0.1) is 0 Å². The molecular weight excluding hydrogens is 516 g/mol. The summed E-state index contributed by atoms with van der Waals surface area (Å²) in [4.78, 5) is 33.5. The van der Waals surface area contributed by atoms with E-state index in [1.165, 1.54) is 10.4 Å². The lowest BCUT2D eigenvalue weighted by Crippen LogP contribution is -2.48. The van der Waals surface area contributed by atoms with Crippen LogP contribution in [0.1, 0.15) is 52.4 Å². The topological polar surface area (TPSA) is 49.9 Å². The minimum atomic E-state index is -0.489. The van der Waals surface area contributed by atoms with Crippen LogP contribution < -0.4 is 0 Å². The molecular formula is C34H36N2O3S. The molecule has 206 valence electrons. The van der Waals surface area contributed by atoms with E-state index in [0.717, 1.165) is 23.1 Å². The van der Waals surface area contributed by atoms with Crippen molar-refractivity contribution in [3.8, 4) is 0 Å². The van der Waals surface area contributed by atoms with E-state index in [2.05, 4.69) is 23.6 Å². The number of hydrogen-bond donors (Lipinski definition) is 0. The number of benzene rings is 3. The van der Waals surface area contributed by atoms with E-state index in [1.807, 2.05) is 90.7 Å². The second-order valence-corrected chi connectivity index (χ2v) is 11.0. The smallest absolute Gasteiger partial charge is 0.242 e. The summed E-state index contributed by atoms with van der Waals surface area (Å²) in [6, 6.07) is 31.9. The van der Waals surface area contributed by atoms with E-state index in [4.69, 9.17) is 4.74 Å². The predicted molar refractivity (Wildman–Crippen MR) is 160 cm³/mol.